The highest BCUT2D eigenvalue weighted by atomic mass is 35.5. The number of halogens is 9. The lowest BCUT2D eigenvalue weighted by atomic mass is 9.84. The predicted molar refractivity (Wildman–Crippen MR) is 123 cm³/mol. The summed E-state index contributed by atoms with van der Waals surface area (Å²) in [5.41, 5.74) is -0.545. The number of hydrogen-bond donors (Lipinski definition) is 1. The Morgan fingerprint density at radius 3 is 2.30 bits per heavy atom. The smallest absolute Gasteiger partial charge is 0.352 e. The summed E-state index contributed by atoms with van der Waals surface area (Å²) in [5.74, 6) is -2.25. The predicted octanol–water partition coefficient (Wildman–Crippen LogP) is 6.82. The first-order valence-corrected chi connectivity index (χ1v) is 12.3. The lowest BCUT2D eigenvalue weighted by Crippen LogP contribution is -2.57. The lowest BCUT2D eigenvalue weighted by Gasteiger charge is -2.39. The lowest BCUT2D eigenvalue weighted by molar-refractivity contribution is -0.170. The SMILES string of the molecule is O=C(CC(F)(F)F)[C@@H]1OC2(CNC2)c2ccc(C3=NSC(c4cc(Cl)c(F)c(Cl)c4)(C(F)(F)F)C3)cc21. The number of Topliss-reactive ketones (excluding diaryl/α,β-unsaturated/α-hetero) is 1. The molecule has 37 heavy (non-hydrogen) atoms. The zero-order valence-electron chi connectivity index (χ0n) is 18.4. The van der Waals surface area contributed by atoms with Crippen LogP contribution in [-0.4, -0.2) is 36.9 Å². The number of rotatable bonds is 4. The van der Waals surface area contributed by atoms with E-state index in [1.165, 1.54) is 12.1 Å². The highest BCUT2D eigenvalue weighted by molar-refractivity contribution is 7.99. The van der Waals surface area contributed by atoms with E-state index in [9.17, 15) is 35.5 Å². The number of fused-ring (bicyclic) bond motifs is 2. The number of alkyl halides is 6. The van der Waals surface area contributed by atoms with Crippen molar-refractivity contribution in [2.24, 2.45) is 4.40 Å². The monoisotopic (exact) mass is 586 g/mol. The summed E-state index contributed by atoms with van der Waals surface area (Å²) >= 11 is 11.7. The molecule has 1 unspecified atom stereocenters. The van der Waals surface area contributed by atoms with E-state index < -0.39 is 68.9 Å². The van der Waals surface area contributed by atoms with Crippen molar-refractivity contribution in [1.29, 1.82) is 0 Å². The van der Waals surface area contributed by atoms with Crippen molar-refractivity contribution in [2.75, 3.05) is 13.1 Å². The summed E-state index contributed by atoms with van der Waals surface area (Å²) in [4.78, 5) is 12.5. The fraction of sp³-hybridized carbons (Fsp3) is 0.391. The summed E-state index contributed by atoms with van der Waals surface area (Å²) < 4.78 is 103. The molecule has 2 aromatic rings. The number of nitrogens with zero attached hydrogens (tertiary/aromatic N) is 1. The van der Waals surface area contributed by atoms with Crippen molar-refractivity contribution in [3.05, 3.63) is 68.4 Å². The van der Waals surface area contributed by atoms with Gasteiger partial charge in [-0.2, -0.15) is 26.3 Å². The van der Waals surface area contributed by atoms with Crippen molar-refractivity contribution in [3.63, 3.8) is 0 Å². The summed E-state index contributed by atoms with van der Waals surface area (Å²) in [6, 6.07) is 6.08. The number of ketones is 1. The highest BCUT2D eigenvalue weighted by Gasteiger charge is 2.60. The minimum absolute atomic E-state index is 0.0172. The molecule has 1 fully saturated rings. The Kier molecular flexibility index (Phi) is 6.38. The minimum atomic E-state index is -4.86. The van der Waals surface area contributed by atoms with Gasteiger partial charge >= 0.3 is 12.4 Å². The first-order valence-electron chi connectivity index (χ1n) is 10.8. The zero-order chi connectivity index (χ0) is 27.0. The molecule has 0 aromatic heterocycles. The molecule has 3 heterocycles. The van der Waals surface area contributed by atoms with E-state index in [0.717, 1.165) is 12.1 Å². The molecule has 3 aliphatic heterocycles. The second-order valence-corrected chi connectivity index (χ2v) is 10.9. The summed E-state index contributed by atoms with van der Waals surface area (Å²) in [6.07, 6.45) is -13.5. The number of carbonyl (C=O) groups excluding carboxylic acids is 1. The van der Waals surface area contributed by atoms with Gasteiger partial charge in [-0.25, -0.2) is 8.79 Å². The van der Waals surface area contributed by atoms with E-state index >= 15 is 0 Å². The Morgan fingerprint density at radius 1 is 1.11 bits per heavy atom. The molecule has 1 spiro atoms. The molecular formula is C23H15Cl2F7N2O2S. The van der Waals surface area contributed by atoms with Gasteiger partial charge in [0.15, 0.2) is 16.3 Å². The first-order chi connectivity index (χ1) is 17.2. The normalized spacial score (nSPS) is 24.7. The van der Waals surface area contributed by atoms with Crippen molar-refractivity contribution >= 4 is 46.6 Å². The van der Waals surface area contributed by atoms with Gasteiger partial charge in [0.2, 0.25) is 0 Å². The van der Waals surface area contributed by atoms with Gasteiger partial charge in [0, 0.05) is 19.5 Å². The Hall–Kier alpha value is -1.86. The van der Waals surface area contributed by atoms with Crippen LogP contribution in [0.2, 0.25) is 10.0 Å². The van der Waals surface area contributed by atoms with Crippen molar-refractivity contribution in [2.45, 2.75) is 41.6 Å². The van der Waals surface area contributed by atoms with E-state index in [1.807, 2.05) is 0 Å². The highest BCUT2D eigenvalue weighted by Crippen LogP contribution is 2.57. The number of benzene rings is 2. The minimum Gasteiger partial charge on any atom is -0.352 e. The van der Waals surface area contributed by atoms with Crippen molar-refractivity contribution in [1.82, 2.24) is 5.32 Å². The maximum absolute atomic E-state index is 14.4. The molecule has 14 heteroatoms. The third kappa shape index (κ3) is 4.44. The Balaban J connectivity index is 1.52. The molecule has 0 aliphatic carbocycles. The van der Waals surface area contributed by atoms with Gasteiger partial charge in [0.25, 0.3) is 0 Å². The fourth-order valence-electron chi connectivity index (χ4n) is 4.73. The fourth-order valence-corrected chi connectivity index (χ4v) is 6.18. The van der Waals surface area contributed by atoms with Crippen LogP contribution in [0.25, 0.3) is 0 Å². The van der Waals surface area contributed by atoms with Crippen LogP contribution in [0.1, 0.15) is 41.2 Å². The molecule has 2 aromatic carbocycles. The molecule has 1 saturated heterocycles. The molecule has 198 valence electrons. The molecule has 1 N–H and O–H groups in total. The van der Waals surface area contributed by atoms with Gasteiger partial charge in [-0.1, -0.05) is 35.3 Å². The topological polar surface area (TPSA) is 50.7 Å². The van der Waals surface area contributed by atoms with Crippen LogP contribution in [0.5, 0.6) is 0 Å². The summed E-state index contributed by atoms with van der Waals surface area (Å²) in [7, 11) is 0. The van der Waals surface area contributed by atoms with Crippen molar-refractivity contribution in [3.8, 4) is 0 Å². The van der Waals surface area contributed by atoms with Crippen LogP contribution in [0, 0.1) is 5.82 Å². The number of nitrogens with one attached hydrogen (secondary N) is 1. The molecule has 4 nitrogen and oxygen atoms in total. The van der Waals surface area contributed by atoms with E-state index in [0.29, 0.717) is 5.56 Å². The molecule has 5 rings (SSSR count). The molecular weight excluding hydrogens is 572 g/mol. The van der Waals surface area contributed by atoms with Crippen LogP contribution >= 0.6 is 35.1 Å². The van der Waals surface area contributed by atoms with Gasteiger partial charge in [-0.05, 0) is 52.4 Å². The van der Waals surface area contributed by atoms with Gasteiger partial charge < -0.3 is 10.1 Å². The van der Waals surface area contributed by atoms with Gasteiger partial charge in [0.1, 0.15) is 18.1 Å². The van der Waals surface area contributed by atoms with Crippen molar-refractivity contribution < 1.29 is 40.3 Å². The molecule has 2 atom stereocenters. The quantitative estimate of drug-likeness (QED) is 0.242. The maximum Gasteiger partial charge on any atom is 0.409 e. The molecule has 0 amide bonds. The Labute approximate surface area is 219 Å². The molecule has 0 radical (unpaired) electrons. The summed E-state index contributed by atoms with van der Waals surface area (Å²) in [5, 5.41) is 1.80. The number of carbonyl (C=O) groups is 1. The van der Waals surface area contributed by atoms with Crippen LogP contribution in [0.4, 0.5) is 30.7 Å². The van der Waals surface area contributed by atoms with Crippen LogP contribution in [0.15, 0.2) is 34.7 Å². The molecule has 0 saturated carbocycles. The Bertz CT molecular complexity index is 1300. The van der Waals surface area contributed by atoms with E-state index in [2.05, 4.69) is 9.71 Å². The van der Waals surface area contributed by atoms with Gasteiger partial charge in [-0.3, -0.25) is 4.79 Å². The van der Waals surface area contributed by atoms with Gasteiger partial charge in [-0.15, -0.1) is 0 Å². The van der Waals surface area contributed by atoms with E-state index in [1.54, 1.807) is 6.07 Å². The average molecular weight is 587 g/mol. The number of hydrogen-bond acceptors (Lipinski definition) is 5. The largest absolute Gasteiger partial charge is 0.409 e. The Morgan fingerprint density at radius 2 is 1.76 bits per heavy atom. The average Bonchev–Trinajstić information content (AvgIpc) is 3.36. The van der Waals surface area contributed by atoms with E-state index in [4.69, 9.17) is 27.9 Å². The third-order valence-corrected chi connectivity index (χ3v) is 8.41. The van der Waals surface area contributed by atoms with Gasteiger partial charge in [0.05, 0.1) is 15.8 Å². The maximum atomic E-state index is 14.4. The molecule has 0 bridgehead atoms. The first kappa shape index (κ1) is 26.7. The summed E-state index contributed by atoms with van der Waals surface area (Å²) in [6.45, 7) is 0.546. The molecule has 3 aliphatic rings. The second-order valence-electron chi connectivity index (χ2n) is 9.04. The second kappa shape index (κ2) is 8.84. The van der Waals surface area contributed by atoms with Crippen LogP contribution in [-0.2, 0) is 19.9 Å². The number of ether oxygens (including phenoxy) is 1. The van der Waals surface area contributed by atoms with Crippen LogP contribution in [0.3, 0.4) is 0 Å². The third-order valence-electron chi connectivity index (χ3n) is 6.63. The van der Waals surface area contributed by atoms with E-state index in [-0.39, 0.29) is 41.9 Å². The van der Waals surface area contributed by atoms with Crippen LogP contribution < -0.4 is 5.32 Å². The zero-order valence-corrected chi connectivity index (χ0v) is 20.7. The standard InChI is InChI=1S/C23H15Cl2F7N2O2S/c24-14-4-11(5-15(25)18(14)26)21(23(30,31)32)6-16(34-37-21)10-1-2-13-12(3-10)19(17(35)7-22(27,28)29)36-20(13)8-33-9-20/h1-5,19,33H,6-9H2/t19-,21?/m1/s1.